The maximum Gasteiger partial charge on any atom is 0.410 e. The number of aromatic nitrogens is 4. The number of nitrogen functional groups attached to an aromatic ring is 1. The molecule has 0 saturated carbocycles. The van der Waals surface area contributed by atoms with Crippen LogP contribution in [0.2, 0.25) is 5.04 Å². The zero-order valence-corrected chi connectivity index (χ0v) is 28.2. The van der Waals surface area contributed by atoms with Crippen LogP contribution < -0.4 is 16.1 Å². The van der Waals surface area contributed by atoms with Gasteiger partial charge in [0.15, 0.2) is 5.65 Å². The Morgan fingerprint density at radius 1 is 1.00 bits per heavy atom. The fourth-order valence-electron chi connectivity index (χ4n) is 5.96. The van der Waals surface area contributed by atoms with Crippen molar-refractivity contribution in [1.82, 2.24) is 24.6 Å². The highest BCUT2D eigenvalue weighted by atomic mass is 127. The van der Waals surface area contributed by atoms with Gasteiger partial charge in [0.05, 0.1) is 24.1 Å². The van der Waals surface area contributed by atoms with Crippen LogP contribution in [0.1, 0.15) is 54.0 Å². The number of nitrogens with zero attached hydrogens (tertiary/aromatic N) is 5. The number of hydrogen-bond donors (Lipinski definition) is 1. The van der Waals surface area contributed by atoms with E-state index in [1.54, 1.807) is 4.90 Å². The molecule has 0 aliphatic carbocycles. The normalized spacial score (nSPS) is 18.0. The molecule has 1 amide bonds. The molecule has 2 aromatic heterocycles. The summed E-state index contributed by atoms with van der Waals surface area (Å²) in [5, 5.41) is 7.72. The molecule has 0 radical (unpaired) electrons. The molecule has 2 aromatic carbocycles. The van der Waals surface area contributed by atoms with Crippen LogP contribution in [0.15, 0.2) is 67.0 Å². The third-order valence-corrected chi connectivity index (χ3v) is 13.5. The van der Waals surface area contributed by atoms with E-state index in [4.69, 9.17) is 20.0 Å². The zero-order chi connectivity index (χ0) is 30.3. The Hall–Kier alpha value is -3.03. The lowest BCUT2D eigenvalue weighted by Gasteiger charge is -2.44. The Balaban J connectivity index is 1.54. The zero-order valence-electron chi connectivity index (χ0n) is 25.0. The van der Waals surface area contributed by atoms with Gasteiger partial charge in [-0.2, -0.15) is 5.10 Å². The monoisotopic (exact) mass is 698 g/mol. The molecule has 0 bridgehead atoms. The maximum atomic E-state index is 13.6. The number of carbonyl (C=O) groups is 1. The van der Waals surface area contributed by atoms with Crippen LogP contribution in [0.5, 0.6) is 0 Å². The molecule has 0 spiro atoms. The fraction of sp³-hybridized carbons (Fsp3) is 0.419. The van der Waals surface area contributed by atoms with Gasteiger partial charge in [0.1, 0.15) is 21.4 Å². The Kier molecular flexibility index (Phi) is 8.38. The van der Waals surface area contributed by atoms with Gasteiger partial charge < -0.3 is 19.8 Å². The van der Waals surface area contributed by atoms with Gasteiger partial charge in [-0.3, -0.25) is 0 Å². The summed E-state index contributed by atoms with van der Waals surface area (Å²) in [7, 11) is -2.82. The molecule has 4 aromatic rings. The summed E-state index contributed by atoms with van der Waals surface area (Å²) >= 11 is 2.17. The van der Waals surface area contributed by atoms with Crippen LogP contribution >= 0.6 is 22.6 Å². The fourth-order valence-corrected chi connectivity index (χ4v) is 11.3. The number of likely N-dealkylation sites (tertiary alicyclic amines) is 1. The van der Waals surface area contributed by atoms with E-state index in [0.29, 0.717) is 31.0 Å². The molecular formula is C31H39IN6O3Si. The Labute approximate surface area is 262 Å². The highest BCUT2D eigenvalue weighted by Crippen LogP contribution is 2.39. The average molecular weight is 699 g/mol. The molecule has 42 heavy (non-hydrogen) atoms. The first-order valence-corrected chi connectivity index (χ1v) is 17.2. The van der Waals surface area contributed by atoms with Gasteiger partial charge in [0, 0.05) is 6.54 Å². The molecular weight excluding hydrogens is 659 g/mol. The molecule has 1 fully saturated rings. The lowest BCUT2D eigenvalue weighted by molar-refractivity contribution is 0.0180. The topological polar surface area (TPSA) is 108 Å². The van der Waals surface area contributed by atoms with Crippen LogP contribution in [0.3, 0.4) is 0 Å². The Bertz CT molecular complexity index is 1510. The summed E-state index contributed by atoms with van der Waals surface area (Å²) in [6.07, 6.45) is 1.73. The van der Waals surface area contributed by atoms with Crippen molar-refractivity contribution in [3.63, 3.8) is 0 Å². The van der Waals surface area contributed by atoms with Gasteiger partial charge in [0.25, 0.3) is 8.32 Å². The highest BCUT2D eigenvalue weighted by Gasteiger charge is 2.51. The summed E-state index contributed by atoms with van der Waals surface area (Å²) in [6.45, 7) is 13.2. The van der Waals surface area contributed by atoms with Gasteiger partial charge in [-0.15, -0.1) is 0 Å². The van der Waals surface area contributed by atoms with Crippen molar-refractivity contribution in [2.75, 3.05) is 18.9 Å². The predicted octanol–water partition coefficient (Wildman–Crippen LogP) is 5.14. The lowest BCUT2D eigenvalue weighted by Crippen LogP contribution is -2.67. The number of hydrogen-bond acceptors (Lipinski definition) is 7. The first-order chi connectivity index (χ1) is 19.8. The molecule has 2 unspecified atom stereocenters. The number of nitrogens with two attached hydrogens (primary N) is 1. The van der Waals surface area contributed by atoms with Crippen molar-refractivity contribution < 1.29 is 14.0 Å². The summed E-state index contributed by atoms with van der Waals surface area (Å²) in [5.74, 6) is 0.393. The smallest absolute Gasteiger partial charge is 0.410 e. The van der Waals surface area contributed by atoms with E-state index >= 15 is 0 Å². The van der Waals surface area contributed by atoms with E-state index in [0.717, 1.165) is 9.09 Å². The number of fused-ring (bicyclic) bond motifs is 1. The number of ether oxygens (including phenoxy) is 1. The summed E-state index contributed by atoms with van der Waals surface area (Å²) in [5.41, 5.74) is 6.21. The van der Waals surface area contributed by atoms with E-state index in [2.05, 4.69) is 102 Å². The van der Waals surface area contributed by atoms with Gasteiger partial charge in [-0.25, -0.2) is 19.4 Å². The molecule has 9 nitrogen and oxygen atoms in total. The van der Waals surface area contributed by atoms with E-state index in [1.807, 2.05) is 37.6 Å². The highest BCUT2D eigenvalue weighted by molar-refractivity contribution is 14.1. The lowest BCUT2D eigenvalue weighted by atomic mass is 10.2. The van der Waals surface area contributed by atoms with Crippen LogP contribution in [-0.4, -0.2) is 63.9 Å². The van der Waals surface area contributed by atoms with E-state index in [1.165, 1.54) is 16.7 Å². The van der Waals surface area contributed by atoms with E-state index in [9.17, 15) is 4.79 Å². The van der Waals surface area contributed by atoms with Gasteiger partial charge in [0.2, 0.25) is 0 Å². The Morgan fingerprint density at radius 2 is 1.60 bits per heavy atom. The molecule has 1 aliphatic rings. The molecule has 1 aliphatic heterocycles. The van der Waals surface area contributed by atoms with Crippen molar-refractivity contribution in [2.45, 2.75) is 70.7 Å². The maximum absolute atomic E-state index is 13.6. The van der Waals surface area contributed by atoms with E-state index < -0.39 is 13.9 Å². The second-order valence-electron chi connectivity index (χ2n) is 12.8. The van der Waals surface area contributed by atoms with Crippen molar-refractivity contribution in [3.8, 4) is 0 Å². The first kappa shape index (κ1) is 30.4. The molecule has 1 saturated heterocycles. The number of anilines is 1. The van der Waals surface area contributed by atoms with Gasteiger partial charge >= 0.3 is 6.09 Å². The van der Waals surface area contributed by atoms with Crippen LogP contribution in [0.4, 0.5) is 10.6 Å². The minimum Gasteiger partial charge on any atom is -0.444 e. The number of benzene rings is 2. The molecule has 2 atom stereocenters. The molecule has 222 valence electrons. The summed E-state index contributed by atoms with van der Waals surface area (Å²) in [6, 6.07) is 20.7. The minimum atomic E-state index is -2.82. The largest absolute Gasteiger partial charge is 0.444 e. The number of rotatable bonds is 6. The van der Waals surface area contributed by atoms with Crippen molar-refractivity contribution in [1.29, 1.82) is 0 Å². The van der Waals surface area contributed by atoms with Crippen LogP contribution in [0.25, 0.3) is 11.0 Å². The van der Waals surface area contributed by atoms with Crippen molar-refractivity contribution in [2.24, 2.45) is 0 Å². The van der Waals surface area contributed by atoms with E-state index in [-0.39, 0.29) is 23.2 Å². The average Bonchev–Trinajstić information content (AvgIpc) is 3.50. The van der Waals surface area contributed by atoms with Crippen LogP contribution in [0, 0.1) is 3.70 Å². The van der Waals surface area contributed by atoms with Gasteiger partial charge in [-0.1, -0.05) is 81.4 Å². The number of carbonyl (C=O) groups excluding carboxylic acids is 1. The number of amides is 1. The third kappa shape index (κ3) is 5.78. The Morgan fingerprint density at radius 3 is 2.14 bits per heavy atom. The van der Waals surface area contributed by atoms with Crippen LogP contribution in [-0.2, 0) is 9.16 Å². The second kappa shape index (κ2) is 11.6. The first-order valence-electron chi connectivity index (χ1n) is 14.2. The quantitative estimate of drug-likeness (QED) is 0.220. The van der Waals surface area contributed by atoms with Crippen molar-refractivity contribution >= 4 is 64.2 Å². The van der Waals surface area contributed by atoms with Gasteiger partial charge in [-0.05, 0) is 65.2 Å². The standard InChI is InChI=1S/C31H39IN6O3Si/c1-30(2,3)41-29(39)37-18-21(38-28-25(26(32)36-38)27(33)34-20-35-28)17-22(37)19-40-42(31(4,5)6,23-13-9-7-10-14-23)24-15-11-8-12-16-24/h7-16,20-22H,17-19H2,1-6H3,(H2,33,34,35). The summed E-state index contributed by atoms with van der Waals surface area (Å²) < 4.78 is 15.8. The van der Waals surface area contributed by atoms with Crippen molar-refractivity contribution in [3.05, 3.63) is 70.7 Å². The summed E-state index contributed by atoms with van der Waals surface area (Å²) in [4.78, 5) is 24.1. The predicted molar refractivity (Wildman–Crippen MR) is 176 cm³/mol. The minimum absolute atomic E-state index is 0.134. The number of halogens is 1. The molecule has 2 N–H and O–H groups in total. The SMILES string of the molecule is CC(C)(C)OC(=O)N1CC(n2nc(I)c3c(N)ncnc32)CC1CO[Si](c1ccccc1)(c1ccccc1)C(C)(C)C. The molecule has 5 rings (SSSR count). The molecule has 11 heteroatoms. The third-order valence-electron chi connectivity index (χ3n) is 7.75. The second-order valence-corrected chi connectivity index (χ2v) is 18.2. The molecule has 3 heterocycles.